The first kappa shape index (κ1) is 24.5. The number of carbonyl (C=O) groups is 1. The Balaban J connectivity index is 1.41. The minimum Gasteiger partial charge on any atom is -0.349 e. The Bertz CT molecular complexity index is 1240. The molecule has 0 saturated heterocycles. The fraction of sp³-hybridized carbons (Fsp3) is 0.419. The molecule has 3 aromatic rings. The van der Waals surface area contributed by atoms with Crippen molar-refractivity contribution in [1.29, 1.82) is 0 Å². The molecule has 1 N–H and O–H groups in total. The van der Waals surface area contributed by atoms with Gasteiger partial charge in [0.25, 0.3) is 0 Å². The number of aromatic nitrogens is 2. The number of halogens is 1. The van der Waals surface area contributed by atoms with Crippen LogP contribution in [0.25, 0.3) is 11.8 Å². The Morgan fingerprint density at radius 3 is 2.56 bits per heavy atom. The number of rotatable bonds is 8. The Morgan fingerprint density at radius 2 is 1.86 bits per heavy atom. The van der Waals surface area contributed by atoms with Gasteiger partial charge in [-0.1, -0.05) is 56.7 Å². The van der Waals surface area contributed by atoms with Gasteiger partial charge in [0.15, 0.2) is 0 Å². The van der Waals surface area contributed by atoms with Crippen LogP contribution < -0.4 is 5.32 Å². The van der Waals surface area contributed by atoms with E-state index in [1.54, 1.807) is 12.1 Å². The van der Waals surface area contributed by atoms with E-state index in [2.05, 4.69) is 61.5 Å². The SMILES string of the molecule is CCC(CC)C(=O)NC(C[C@H]1CCC2=Cc3c(cnn3-c3ccc(F)cc3)C[C@@]21C)c1ccccc1. The van der Waals surface area contributed by atoms with Crippen molar-refractivity contribution < 1.29 is 9.18 Å². The molecule has 2 aromatic carbocycles. The predicted molar refractivity (Wildman–Crippen MR) is 142 cm³/mol. The zero-order valence-corrected chi connectivity index (χ0v) is 21.5. The topological polar surface area (TPSA) is 46.9 Å². The summed E-state index contributed by atoms with van der Waals surface area (Å²) in [6.07, 6.45) is 10.0. The maximum Gasteiger partial charge on any atom is 0.223 e. The monoisotopic (exact) mass is 485 g/mol. The fourth-order valence-corrected chi connectivity index (χ4v) is 6.30. The molecule has 2 aliphatic rings. The second kappa shape index (κ2) is 10.0. The normalized spacial score (nSPS) is 21.6. The lowest BCUT2D eigenvalue weighted by atomic mass is 9.68. The van der Waals surface area contributed by atoms with Gasteiger partial charge in [-0.25, -0.2) is 9.07 Å². The highest BCUT2D eigenvalue weighted by atomic mass is 19.1. The van der Waals surface area contributed by atoms with Crippen molar-refractivity contribution in [2.75, 3.05) is 0 Å². The number of allylic oxidation sites excluding steroid dienone is 1. The first-order chi connectivity index (χ1) is 17.4. The fourth-order valence-electron chi connectivity index (χ4n) is 6.30. The number of nitrogens with one attached hydrogen (secondary N) is 1. The van der Waals surface area contributed by atoms with Crippen LogP contribution in [0.3, 0.4) is 0 Å². The van der Waals surface area contributed by atoms with Crippen LogP contribution in [0, 0.1) is 23.1 Å². The highest BCUT2D eigenvalue weighted by Gasteiger charge is 2.46. The summed E-state index contributed by atoms with van der Waals surface area (Å²) < 4.78 is 15.4. The lowest BCUT2D eigenvalue weighted by molar-refractivity contribution is -0.126. The molecule has 1 saturated carbocycles. The van der Waals surface area contributed by atoms with E-state index in [0.717, 1.165) is 49.9 Å². The zero-order valence-electron chi connectivity index (χ0n) is 21.5. The second-order valence-corrected chi connectivity index (χ2v) is 10.7. The second-order valence-electron chi connectivity index (χ2n) is 10.7. The van der Waals surface area contributed by atoms with E-state index in [1.165, 1.54) is 28.8 Å². The van der Waals surface area contributed by atoms with Gasteiger partial charge in [0, 0.05) is 5.92 Å². The van der Waals surface area contributed by atoms with E-state index < -0.39 is 0 Å². The molecule has 3 atom stereocenters. The summed E-state index contributed by atoms with van der Waals surface area (Å²) in [5.74, 6) is 0.437. The lowest BCUT2D eigenvalue weighted by Crippen LogP contribution is -2.37. The maximum absolute atomic E-state index is 13.5. The molecule has 1 heterocycles. The van der Waals surface area contributed by atoms with Gasteiger partial charge in [-0.15, -0.1) is 0 Å². The number of nitrogens with zero attached hydrogens (tertiary/aromatic N) is 2. The van der Waals surface area contributed by atoms with Crippen LogP contribution in [-0.4, -0.2) is 15.7 Å². The van der Waals surface area contributed by atoms with Crippen LogP contribution in [0.2, 0.25) is 0 Å². The van der Waals surface area contributed by atoms with E-state index in [9.17, 15) is 9.18 Å². The summed E-state index contributed by atoms with van der Waals surface area (Å²) >= 11 is 0. The minimum atomic E-state index is -0.242. The lowest BCUT2D eigenvalue weighted by Gasteiger charge is -2.38. The van der Waals surface area contributed by atoms with E-state index in [0.29, 0.717) is 5.92 Å². The number of amides is 1. The molecule has 0 aliphatic heterocycles. The van der Waals surface area contributed by atoms with Crippen molar-refractivity contribution in [2.45, 2.75) is 65.3 Å². The highest BCUT2D eigenvalue weighted by Crippen LogP contribution is 2.55. The molecule has 1 amide bonds. The summed E-state index contributed by atoms with van der Waals surface area (Å²) in [5, 5.41) is 8.08. The Morgan fingerprint density at radius 1 is 1.14 bits per heavy atom. The molecule has 4 nitrogen and oxygen atoms in total. The first-order valence-corrected chi connectivity index (χ1v) is 13.3. The molecule has 0 spiro atoms. The van der Waals surface area contributed by atoms with Crippen molar-refractivity contribution in [2.24, 2.45) is 17.3 Å². The Hall–Kier alpha value is -3.21. The van der Waals surface area contributed by atoms with Gasteiger partial charge in [-0.3, -0.25) is 4.79 Å². The summed E-state index contributed by atoms with van der Waals surface area (Å²) in [4.78, 5) is 13.1. The summed E-state index contributed by atoms with van der Waals surface area (Å²) in [6, 6.07) is 16.9. The molecule has 2 aliphatic carbocycles. The van der Waals surface area contributed by atoms with E-state index in [-0.39, 0.29) is 29.1 Å². The van der Waals surface area contributed by atoms with Crippen LogP contribution >= 0.6 is 0 Å². The molecule has 5 rings (SSSR count). The molecule has 5 heteroatoms. The van der Waals surface area contributed by atoms with Crippen molar-refractivity contribution >= 4 is 12.0 Å². The molecule has 0 radical (unpaired) electrons. The maximum atomic E-state index is 13.5. The van der Waals surface area contributed by atoms with Crippen LogP contribution in [0.4, 0.5) is 4.39 Å². The Kier molecular flexibility index (Phi) is 6.83. The zero-order chi connectivity index (χ0) is 25.3. The minimum absolute atomic E-state index is 0.00353. The molecule has 36 heavy (non-hydrogen) atoms. The number of carbonyl (C=O) groups excluding carboxylic acids is 1. The first-order valence-electron chi connectivity index (χ1n) is 13.3. The standard InChI is InChI=1S/C31H36FN3O/c1-4-21(5-2)30(36)34-28(22-9-7-6-8-10-22)17-24-11-12-25-18-29-23(19-31(24,25)3)20-33-35(29)27-15-13-26(32)14-16-27/h6-10,13-16,18,20-21,24,28H,4-5,11-12,17,19H2,1-3H3,(H,34,36)/t24-,28?,31-/m1/s1. The number of benzene rings is 2. The van der Waals surface area contributed by atoms with Gasteiger partial charge in [0.2, 0.25) is 5.91 Å². The smallest absolute Gasteiger partial charge is 0.223 e. The van der Waals surface area contributed by atoms with Crippen molar-refractivity contribution in [3.63, 3.8) is 0 Å². The summed E-state index contributed by atoms with van der Waals surface area (Å²) in [7, 11) is 0. The summed E-state index contributed by atoms with van der Waals surface area (Å²) in [6.45, 7) is 6.57. The van der Waals surface area contributed by atoms with Crippen LogP contribution in [0.15, 0.2) is 66.4 Å². The van der Waals surface area contributed by atoms with Gasteiger partial charge in [-0.2, -0.15) is 5.10 Å². The third kappa shape index (κ3) is 4.52. The van der Waals surface area contributed by atoms with Gasteiger partial charge in [-0.05, 0) is 91.3 Å². The third-order valence-electron chi connectivity index (χ3n) is 8.62. The predicted octanol–water partition coefficient (Wildman–Crippen LogP) is 7.05. The molecular formula is C31H36FN3O. The third-order valence-corrected chi connectivity index (χ3v) is 8.62. The average molecular weight is 486 g/mol. The van der Waals surface area contributed by atoms with Gasteiger partial charge in [0.05, 0.1) is 23.6 Å². The number of hydrogen-bond acceptors (Lipinski definition) is 2. The van der Waals surface area contributed by atoms with Gasteiger partial charge in [0.1, 0.15) is 5.82 Å². The van der Waals surface area contributed by atoms with Crippen molar-refractivity contribution in [1.82, 2.24) is 15.1 Å². The van der Waals surface area contributed by atoms with Crippen LogP contribution in [0.5, 0.6) is 0 Å². The van der Waals surface area contributed by atoms with Gasteiger partial charge >= 0.3 is 0 Å². The number of fused-ring (bicyclic) bond motifs is 2. The average Bonchev–Trinajstić information content (AvgIpc) is 3.43. The van der Waals surface area contributed by atoms with Crippen LogP contribution in [-0.2, 0) is 11.2 Å². The largest absolute Gasteiger partial charge is 0.349 e. The quantitative estimate of drug-likeness (QED) is 0.372. The highest BCUT2D eigenvalue weighted by molar-refractivity contribution is 5.79. The molecule has 1 aromatic heterocycles. The molecule has 188 valence electrons. The molecule has 1 fully saturated rings. The van der Waals surface area contributed by atoms with E-state index >= 15 is 0 Å². The van der Waals surface area contributed by atoms with Gasteiger partial charge < -0.3 is 5.32 Å². The van der Waals surface area contributed by atoms with Crippen LogP contribution in [0.1, 0.15) is 75.7 Å². The number of hydrogen-bond donors (Lipinski definition) is 1. The van der Waals surface area contributed by atoms with Crippen molar-refractivity contribution in [3.8, 4) is 5.69 Å². The van der Waals surface area contributed by atoms with E-state index in [1.807, 2.05) is 16.9 Å². The Labute approximate surface area is 213 Å². The molecule has 0 bridgehead atoms. The van der Waals surface area contributed by atoms with E-state index in [4.69, 9.17) is 0 Å². The summed E-state index contributed by atoms with van der Waals surface area (Å²) in [5.41, 5.74) is 5.89. The molecular weight excluding hydrogens is 449 g/mol. The molecule has 1 unspecified atom stereocenters. The van der Waals surface area contributed by atoms with Crippen molar-refractivity contribution in [3.05, 3.63) is 89.0 Å².